The molecule has 1 heterocycles. The summed E-state index contributed by atoms with van der Waals surface area (Å²) >= 11 is 1.14. The van der Waals surface area contributed by atoms with Crippen LogP contribution in [0.1, 0.15) is 43.0 Å². The molecule has 0 spiro atoms. The number of hydrogen-bond acceptors (Lipinski definition) is 6. The fraction of sp³-hybridized carbons (Fsp3) is 0.200. The van der Waals surface area contributed by atoms with Crippen LogP contribution in [0.2, 0.25) is 0 Å². The highest BCUT2D eigenvalue weighted by atomic mass is 32.1. The summed E-state index contributed by atoms with van der Waals surface area (Å²) < 4.78 is 4.59. The van der Waals surface area contributed by atoms with Crippen molar-refractivity contribution in [2.75, 3.05) is 12.4 Å². The first-order valence-electron chi connectivity index (χ1n) is 6.40. The highest BCUT2D eigenvalue weighted by Gasteiger charge is 2.14. The van der Waals surface area contributed by atoms with Crippen LogP contribution in [0.4, 0.5) is 5.13 Å². The average Bonchev–Trinajstić information content (AvgIpc) is 2.87. The SMILES string of the molecule is COC(=O)c1ccc(C(=O)Nc2nc(C)c(C(C)=O)s2)cc1. The number of ketones is 1. The summed E-state index contributed by atoms with van der Waals surface area (Å²) in [5.41, 5.74) is 1.33. The summed E-state index contributed by atoms with van der Waals surface area (Å²) in [6, 6.07) is 6.06. The Morgan fingerprint density at radius 3 is 2.23 bits per heavy atom. The molecule has 0 aliphatic heterocycles. The maximum Gasteiger partial charge on any atom is 0.337 e. The lowest BCUT2D eigenvalue weighted by atomic mass is 10.1. The highest BCUT2D eigenvalue weighted by Crippen LogP contribution is 2.23. The van der Waals surface area contributed by atoms with Crippen molar-refractivity contribution >= 4 is 34.1 Å². The minimum absolute atomic E-state index is 0.0853. The van der Waals surface area contributed by atoms with Gasteiger partial charge in [0.1, 0.15) is 0 Å². The van der Waals surface area contributed by atoms with Crippen LogP contribution in [-0.4, -0.2) is 29.8 Å². The number of nitrogens with zero attached hydrogens (tertiary/aromatic N) is 1. The van der Waals surface area contributed by atoms with Gasteiger partial charge in [-0.2, -0.15) is 0 Å². The van der Waals surface area contributed by atoms with Crippen molar-refractivity contribution in [3.8, 4) is 0 Å². The van der Waals surface area contributed by atoms with Crippen LogP contribution >= 0.6 is 11.3 Å². The van der Waals surface area contributed by atoms with Crippen LogP contribution in [0.25, 0.3) is 0 Å². The smallest absolute Gasteiger partial charge is 0.337 e. The number of methoxy groups -OCH3 is 1. The number of aromatic nitrogens is 1. The van der Waals surface area contributed by atoms with E-state index in [4.69, 9.17) is 0 Å². The van der Waals surface area contributed by atoms with E-state index in [0.29, 0.717) is 26.8 Å². The van der Waals surface area contributed by atoms with E-state index < -0.39 is 5.97 Å². The molecular formula is C15H14N2O4S. The van der Waals surface area contributed by atoms with Gasteiger partial charge in [-0.3, -0.25) is 14.9 Å². The lowest BCUT2D eigenvalue weighted by Gasteiger charge is -2.03. The van der Waals surface area contributed by atoms with Crippen molar-refractivity contribution in [1.82, 2.24) is 4.98 Å². The van der Waals surface area contributed by atoms with Crippen LogP contribution in [0.3, 0.4) is 0 Å². The Morgan fingerprint density at radius 1 is 1.14 bits per heavy atom. The van der Waals surface area contributed by atoms with E-state index in [0.717, 1.165) is 11.3 Å². The topological polar surface area (TPSA) is 85.4 Å². The van der Waals surface area contributed by atoms with Gasteiger partial charge in [-0.05, 0) is 31.2 Å². The lowest BCUT2D eigenvalue weighted by Crippen LogP contribution is -2.12. The van der Waals surface area contributed by atoms with Crippen molar-refractivity contribution in [2.45, 2.75) is 13.8 Å². The molecule has 0 fully saturated rings. The van der Waals surface area contributed by atoms with Crippen molar-refractivity contribution in [3.05, 3.63) is 46.0 Å². The van der Waals surface area contributed by atoms with Crippen molar-refractivity contribution in [3.63, 3.8) is 0 Å². The number of carbonyl (C=O) groups excluding carboxylic acids is 3. The number of esters is 1. The molecule has 22 heavy (non-hydrogen) atoms. The fourth-order valence-corrected chi connectivity index (χ4v) is 2.68. The molecule has 1 aromatic carbocycles. The van der Waals surface area contributed by atoms with E-state index >= 15 is 0 Å². The molecule has 0 aliphatic rings. The maximum absolute atomic E-state index is 12.1. The van der Waals surface area contributed by atoms with Crippen LogP contribution < -0.4 is 5.32 Å². The first-order chi connectivity index (χ1) is 10.4. The Morgan fingerprint density at radius 2 is 1.73 bits per heavy atom. The Kier molecular flexibility index (Phi) is 4.67. The number of ether oxygens (including phenoxy) is 1. The van der Waals surface area contributed by atoms with Gasteiger partial charge in [0.25, 0.3) is 5.91 Å². The number of rotatable bonds is 4. The first kappa shape index (κ1) is 15.8. The number of Topliss-reactive ketones (excluding diaryl/α,β-unsaturated/α-hetero) is 1. The van der Waals surface area contributed by atoms with E-state index in [1.807, 2.05) is 0 Å². The number of amides is 1. The second-order valence-corrected chi connectivity index (χ2v) is 5.51. The Bertz CT molecular complexity index is 735. The summed E-state index contributed by atoms with van der Waals surface area (Å²) in [7, 11) is 1.29. The van der Waals surface area contributed by atoms with Gasteiger partial charge in [-0.1, -0.05) is 11.3 Å². The maximum atomic E-state index is 12.1. The van der Waals surface area contributed by atoms with Gasteiger partial charge in [0.15, 0.2) is 10.9 Å². The molecule has 0 unspecified atom stereocenters. The van der Waals surface area contributed by atoms with Gasteiger partial charge in [0, 0.05) is 12.5 Å². The van der Waals surface area contributed by atoms with Crippen molar-refractivity contribution in [2.24, 2.45) is 0 Å². The van der Waals surface area contributed by atoms with Gasteiger partial charge in [-0.15, -0.1) is 0 Å². The Hall–Kier alpha value is -2.54. The molecule has 1 aromatic heterocycles. The summed E-state index contributed by atoms with van der Waals surface area (Å²) in [5.74, 6) is -0.910. The van der Waals surface area contributed by atoms with Gasteiger partial charge in [-0.25, -0.2) is 9.78 Å². The third-order valence-corrected chi connectivity index (χ3v) is 4.08. The predicted molar refractivity (Wildman–Crippen MR) is 82.6 cm³/mol. The zero-order valence-electron chi connectivity index (χ0n) is 12.3. The summed E-state index contributed by atoms with van der Waals surface area (Å²) in [6.45, 7) is 3.17. The number of anilines is 1. The number of nitrogens with one attached hydrogen (secondary N) is 1. The zero-order chi connectivity index (χ0) is 16.3. The molecule has 2 aromatic rings. The van der Waals surface area contributed by atoms with Crippen LogP contribution in [0.5, 0.6) is 0 Å². The predicted octanol–water partition coefficient (Wildman–Crippen LogP) is 2.69. The third kappa shape index (κ3) is 3.37. The highest BCUT2D eigenvalue weighted by molar-refractivity contribution is 7.17. The van der Waals surface area contributed by atoms with Gasteiger partial charge in [0.2, 0.25) is 0 Å². The molecule has 0 saturated carbocycles. The number of hydrogen-bond donors (Lipinski definition) is 1. The summed E-state index contributed by atoms with van der Waals surface area (Å²) in [6.07, 6.45) is 0. The molecule has 0 atom stereocenters. The number of benzene rings is 1. The molecule has 1 amide bonds. The van der Waals surface area contributed by atoms with Gasteiger partial charge >= 0.3 is 5.97 Å². The van der Waals surface area contributed by atoms with Crippen LogP contribution in [0.15, 0.2) is 24.3 Å². The van der Waals surface area contributed by atoms with E-state index in [1.165, 1.54) is 38.3 Å². The van der Waals surface area contributed by atoms with Crippen molar-refractivity contribution in [1.29, 1.82) is 0 Å². The quantitative estimate of drug-likeness (QED) is 0.692. The van der Waals surface area contributed by atoms with E-state index in [9.17, 15) is 14.4 Å². The van der Waals surface area contributed by atoms with E-state index in [1.54, 1.807) is 6.92 Å². The second-order valence-electron chi connectivity index (χ2n) is 4.51. The molecule has 114 valence electrons. The molecule has 0 radical (unpaired) electrons. The third-order valence-electron chi connectivity index (χ3n) is 2.91. The molecule has 1 N–H and O–H groups in total. The molecule has 2 rings (SSSR count). The number of thiazole rings is 1. The first-order valence-corrected chi connectivity index (χ1v) is 7.22. The second kappa shape index (κ2) is 6.48. The standard InChI is InChI=1S/C15H14N2O4S/c1-8-12(9(2)18)22-15(16-8)17-13(19)10-4-6-11(7-5-10)14(20)21-3/h4-7H,1-3H3,(H,16,17,19). The summed E-state index contributed by atoms with van der Waals surface area (Å²) in [4.78, 5) is 39.5. The molecular weight excluding hydrogens is 304 g/mol. The minimum Gasteiger partial charge on any atom is -0.465 e. The van der Waals surface area contributed by atoms with Crippen LogP contribution in [0, 0.1) is 6.92 Å². The van der Waals surface area contributed by atoms with Crippen molar-refractivity contribution < 1.29 is 19.1 Å². The van der Waals surface area contributed by atoms with Gasteiger partial charge in [0.05, 0.1) is 23.2 Å². The average molecular weight is 318 g/mol. The monoisotopic (exact) mass is 318 g/mol. The zero-order valence-corrected chi connectivity index (χ0v) is 13.1. The lowest BCUT2D eigenvalue weighted by molar-refractivity contribution is 0.0600. The Balaban J connectivity index is 2.14. The molecule has 6 nitrogen and oxygen atoms in total. The molecule has 7 heteroatoms. The minimum atomic E-state index is -0.464. The number of carbonyl (C=O) groups is 3. The molecule has 0 saturated heterocycles. The largest absolute Gasteiger partial charge is 0.465 e. The Labute approximate surface area is 131 Å². The summed E-state index contributed by atoms with van der Waals surface area (Å²) in [5, 5.41) is 3.00. The fourth-order valence-electron chi connectivity index (χ4n) is 1.82. The van der Waals surface area contributed by atoms with E-state index in [2.05, 4.69) is 15.0 Å². The van der Waals surface area contributed by atoms with Crippen LogP contribution in [-0.2, 0) is 4.74 Å². The van der Waals surface area contributed by atoms with Gasteiger partial charge < -0.3 is 4.74 Å². The molecule has 0 aliphatic carbocycles. The van der Waals surface area contributed by atoms with E-state index in [-0.39, 0.29) is 11.7 Å². The normalized spacial score (nSPS) is 10.1. The molecule has 0 bridgehead atoms. The number of aryl methyl sites for hydroxylation is 1.